The molecule has 0 spiro atoms. The molecule has 3 atom stereocenters. The van der Waals surface area contributed by atoms with Crippen molar-refractivity contribution in [2.24, 2.45) is 0 Å². The molecule has 4 bridgehead atoms. The lowest BCUT2D eigenvalue weighted by atomic mass is 9.99. The van der Waals surface area contributed by atoms with E-state index < -0.39 is 30.0 Å². The number of amides is 2. The van der Waals surface area contributed by atoms with E-state index in [1.807, 2.05) is 158 Å². The van der Waals surface area contributed by atoms with Crippen LogP contribution in [0.3, 0.4) is 0 Å². The van der Waals surface area contributed by atoms with Gasteiger partial charge in [-0.25, -0.2) is 4.79 Å². The lowest BCUT2D eigenvalue weighted by molar-refractivity contribution is -0.149. The molecule has 7 aromatic rings. The van der Waals surface area contributed by atoms with Crippen LogP contribution in [0, 0.1) is 0 Å². The summed E-state index contributed by atoms with van der Waals surface area (Å²) in [6.45, 7) is 1.19. The minimum absolute atomic E-state index is 0.00346. The van der Waals surface area contributed by atoms with Crippen molar-refractivity contribution in [3.05, 3.63) is 227 Å². The standard InChI is InChI=1S/C55H51N3O7/c59-46-26-21-39(22-27-46)31-48-53(60)57-49(55(62)64-38-44-19-11-4-12-20-44)32-45-25-30-51(63-37-43-17-9-3-10-18-43)52(34-45)65-47-28-23-40(24-29-47)33-50(54(61)56-48)58(35-41-13-5-1-6-14-41)36-42-15-7-2-8-16-42/h1-30,34,48-50,59H,31-33,35-38H2,(H,56,61)(H,57,60)/t48-,49+,50-/m0/s1. The summed E-state index contributed by atoms with van der Waals surface area (Å²) in [7, 11) is 0. The highest BCUT2D eigenvalue weighted by Gasteiger charge is 2.33. The Labute approximate surface area is 379 Å². The van der Waals surface area contributed by atoms with E-state index in [9.17, 15) is 14.7 Å². The monoisotopic (exact) mass is 865 g/mol. The molecule has 0 saturated heterocycles. The van der Waals surface area contributed by atoms with Crippen molar-refractivity contribution in [1.29, 1.82) is 0 Å². The lowest BCUT2D eigenvalue weighted by Crippen LogP contribution is -2.57. The summed E-state index contributed by atoms with van der Waals surface area (Å²) in [5, 5.41) is 16.2. The fourth-order valence-corrected chi connectivity index (χ4v) is 7.83. The van der Waals surface area contributed by atoms with Crippen molar-refractivity contribution < 1.29 is 33.7 Å². The third kappa shape index (κ3) is 12.5. The molecule has 2 amide bonds. The number of benzene rings is 7. The average molecular weight is 866 g/mol. The number of hydrogen-bond acceptors (Lipinski definition) is 8. The van der Waals surface area contributed by atoms with Crippen LogP contribution in [-0.2, 0) is 64.7 Å². The molecule has 10 heteroatoms. The fraction of sp³-hybridized carbons (Fsp3) is 0.182. The predicted molar refractivity (Wildman–Crippen MR) is 249 cm³/mol. The largest absolute Gasteiger partial charge is 0.508 e. The molecule has 7 aromatic carbocycles. The maximum absolute atomic E-state index is 15.1. The molecule has 0 aromatic heterocycles. The van der Waals surface area contributed by atoms with Gasteiger partial charge in [0.1, 0.15) is 36.8 Å². The van der Waals surface area contributed by atoms with E-state index >= 15 is 4.79 Å². The first kappa shape index (κ1) is 43.9. The molecule has 0 aliphatic carbocycles. The second-order valence-electron chi connectivity index (χ2n) is 16.2. The number of ether oxygens (including phenoxy) is 3. The minimum atomic E-state index is -1.16. The number of esters is 1. The zero-order chi connectivity index (χ0) is 44.8. The summed E-state index contributed by atoms with van der Waals surface area (Å²) in [6.07, 6.45) is 0.417. The van der Waals surface area contributed by atoms with Gasteiger partial charge in [-0.15, -0.1) is 0 Å². The van der Waals surface area contributed by atoms with E-state index in [1.54, 1.807) is 18.2 Å². The quantitative estimate of drug-likeness (QED) is 0.0983. The number of hydrogen-bond donors (Lipinski definition) is 3. The van der Waals surface area contributed by atoms with Gasteiger partial charge in [0.2, 0.25) is 11.8 Å². The number of phenolic OH excluding ortho intramolecular Hbond substituents is 1. The second kappa shape index (κ2) is 21.6. The van der Waals surface area contributed by atoms with Crippen LogP contribution in [0.2, 0.25) is 0 Å². The Morgan fingerprint density at radius 3 is 1.74 bits per heavy atom. The molecule has 2 aliphatic rings. The minimum Gasteiger partial charge on any atom is -0.508 e. The van der Waals surface area contributed by atoms with Gasteiger partial charge in [-0.3, -0.25) is 14.5 Å². The molecule has 0 fully saturated rings. The van der Waals surface area contributed by atoms with Gasteiger partial charge in [0.15, 0.2) is 11.5 Å². The summed E-state index contributed by atoms with van der Waals surface area (Å²) in [5.41, 5.74) is 6.06. The van der Waals surface area contributed by atoms with E-state index in [-0.39, 0.29) is 31.1 Å². The van der Waals surface area contributed by atoms with Crippen LogP contribution in [0.4, 0.5) is 0 Å². The molecule has 9 rings (SSSR count). The van der Waals surface area contributed by atoms with Gasteiger partial charge >= 0.3 is 5.97 Å². The summed E-state index contributed by atoms with van der Waals surface area (Å²) in [4.78, 5) is 46.1. The van der Waals surface area contributed by atoms with Gasteiger partial charge in [-0.05, 0) is 81.8 Å². The Hall–Kier alpha value is -7.69. The van der Waals surface area contributed by atoms with Gasteiger partial charge in [0.05, 0.1) is 6.04 Å². The SMILES string of the molecule is O=C1N[C@@H](C(=O)OCc2ccccc2)Cc2ccc(OCc3ccccc3)c(c2)Oc2ccc(cc2)C[C@H](N(Cc2ccccc2)Cc2ccccc2)C(=O)N[C@H]1Cc1ccc(O)cc1. The van der Waals surface area contributed by atoms with E-state index in [2.05, 4.69) is 15.5 Å². The van der Waals surface area contributed by atoms with Crippen molar-refractivity contribution in [2.75, 3.05) is 0 Å². The number of aromatic hydroxyl groups is 1. The van der Waals surface area contributed by atoms with E-state index in [0.717, 1.165) is 27.8 Å². The van der Waals surface area contributed by atoms with Crippen LogP contribution in [-0.4, -0.2) is 45.9 Å². The molecule has 10 nitrogen and oxygen atoms in total. The topological polar surface area (TPSA) is 126 Å². The molecular formula is C55H51N3O7. The molecular weight excluding hydrogens is 815 g/mol. The number of rotatable bonds is 13. The molecule has 65 heavy (non-hydrogen) atoms. The zero-order valence-corrected chi connectivity index (χ0v) is 35.9. The number of phenols is 1. The van der Waals surface area contributed by atoms with Crippen molar-refractivity contribution in [1.82, 2.24) is 15.5 Å². The maximum Gasteiger partial charge on any atom is 0.329 e. The Kier molecular flexibility index (Phi) is 14.6. The van der Waals surface area contributed by atoms with Crippen LogP contribution in [0.15, 0.2) is 188 Å². The van der Waals surface area contributed by atoms with Crippen molar-refractivity contribution in [3.8, 4) is 23.0 Å². The van der Waals surface area contributed by atoms with Crippen LogP contribution in [0.5, 0.6) is 23.0 Å². The molecule has 0 unspecified atom stereocenters. The Morgan fingerprint density at radius 1 is 0.585 bits per heavy atom. The molecule has 2 aliphatic heterocycles. The molecule has 2 heterocycles. The van der Waals surface area contributed by atoms with Crippen LogP contribution < -0.4 is 20.1 Å². The molecule has 3 N–H and O–H groups in total. The van der Waals surface area contributed by atoms with Gasteiger partial charge in [-0.2, -0.15) is 0 Å². The fourth-order valence-electron chi connectivity index (χ4n) is 7.83. The van der Waals surface area contributed by atoms with E-state index in [4.69, 9.17) is 14.2 Å². The summed E-state index contributed by atoms with van der Waals surface area (Å²) in [5.74, 6) is -0.0458. The van der Waals surface area contributed by atoms with Gasteiger partial charge in [-0.1, -0.05) is 152 Å². The molecule has 328 valence electrons. The summed E-state index contributed by atoms with van der Waals surface area (Å²) < 4.78 is 18.7. The third-order valence-corrected chi connectivity index (χ3v) is 11.3. The van der Waals surface area contributed by atoms with Crippen LogP contribution in [0.1, 0.15) is 38.9 Å². The lowest BCUT2D eigenvalue weighted by Gasteiger charge is -2.33. The highest BCUT2D eigenvalue weighted by Crippen LogP contribution is 2.34. The van der Waals surface area contributed by atoms with Gasteiger partial charge < -0.3 is 30.0 Å². The third-order valence-electron chi connectivity index (χ3n) is 11.3. The Balaban J connectivity index is 1.19. The highest BCUT2D eigenvalue weighted by atomic mass is 16.5. The normalized spacial score (nSPS) is 16.4. The highest BCUT2D eigenvalue weighted by molar-refractivity contribution is 5.92. The number of nitrogens with one attached hydrogen (secondary N) is 2. The predicted octanol–water partition coefficient (Wildman–Crippen LogP) is 8.89. The Bertz CT molecular complexity index is 2590. The number of fused-ring (bicyclic) bond motifs is 10. The van der Waals surface area contributed by atoms with Crippen LogP contribution in [0.25, 0.3) is 0 Å². The number of nitrogens with zero attached hydrogens (tertiary/aromatic N) is 1. The number of carbonyl (C=O) groups excluding carboxylic acids is 3. The Morgan fingerprint density at radius 2 is 1.14 bits per heavy atom. The van der Waals surface area contributed by atoms with Crippen molar-refractivity contribution in [3.63, 3.8) is 0 Å². The van der Waals surface area contributed by atoms with Gasteiger partial charge in [0, 0.05) is 25.9 Å². The molecule has 0 radical (unpaired) electrons. The maximum atomic E-state index is 15.1. The van der Waals surface area contributed by atoms with Crippen LogP contribution >= 0.6 is 0 Å². The van der Waals surface area contributed by atoms with Crippen molar-refractivity contribution >= 4 is 17.8 Å². The number of carbonyl (C=O) groups is 3. The smallest absolute Gasteiger partial charge is 0.329 e. The van der Waals surface area contributed by atoms with E-state index in [1.165, 1.54) is 12.1 Å². The summed E-state index contributed by atoms with van der Waals surface area (Å²) >= 11 is 0. The summed E-state index contributed by atoms with van der Waals surface area (Å²) in [6, 6.07) is 55.6. The first-order chi connectivity index (χ1) is 31.8. The molecule has 0 saturated carbocycles. The average Bonchev–Trinajstić information content (AvgIpc) is 3.34. The van der Waals surface area contributed by atoms with Gasteiger partial charge in [0.25, 0.3) is 0 Å². The van der Waals surface area contributed by atoms with Crippen molar-refractivity contribution in [2.45, 2.75) is 63.7 Å². The first-order valence-electron chi connectivity index (χ1n) is 21.8. The second-order valence-corrected chi connectivity index (χ2v) is 16.2. The zero-order valence-electron chi connectivity index (χ0n) is 35.9. The van der Waals surface area contributed by atoms with E-state index in [0.29, 0.717) is 54.5 Å². The first-order valence-corrected chi connectivity index (χ1v) is 21.8.